The van der Waals surface area contributed by atoms with E-state index in [0.29, 0.717) is 22.1 Å². The summed E-state index contributed by atoms with van der Waals surface area (Å²) in [6.45, 7) is 6.03. The third kappa shape index (κ3) is 6.54. The molecule has 1 aromatic carbocycles. The third-order valence-electron chi connectivity index (χ3n) is 6.16. The highest BCUT2D eigenvalue weighted by molar-refractivity contribution is 7.84. The zero-order valence-electron chi connectivity index (χ0n) is 22.2. The van der Waals surface area contributed by atoms with Crippen LogP contribution in [0.2, 0.25) is 5.02 Å². The average Bonchev–Trinajstić information content (AvgIpc) is 3.31. The zero-order chi connectivity index (χ0) is 30.3. The molecule has 0 fully saturated rings. The number of carboxylic acid groups (broad SMARTS) is 1. The molecule has 0 radical (unpaired) electrons. The van der Waals surface area contributed by atoms with E-state index in [4.69, 9.17) is 16.7 Å². The second-order valence-electron chi connectivity index (χ2n) is 10.3. The maximum absolute atomic E-state index is 13.5. The van der Waals surface area contributed by atoms with Gasteiger partial charge in [0.15, 0.2) is 5.60 Å². The number of carbonyl (C=O) groups is 1. The van der Waals surface area contributed by atoms with Gasteiger partial charge in [-0.15, -0.1) is 11.3 Å². The number of aliphatic hydroxyl groups is 1. The van der Waals surface area contributed by atoms with Gasteiger partial charge >= 0.3 is 12.3 Å². The van der Waals surface area contributed by atoms with Gasteiger partial charge in [-0.1, -0.05) is 29.8 Å². The van der Waals surface area contributed by atoms with Crippen LogP contribution in [0.25, 0.3) is 21.3 Å². The third-order valence-corrected chi connectivity index (χ3v) is 9.29. The van der Waals surface area contributed by atoms with Gasteiger partial charge in [-0.25, -0.2) is 18.7 Å². The molecule has 0 bridgehead atoms. The Labute approximate surface area is 245 Å². The number of alkyl halides is 3. The number of thiophene rings is 1. The lowest BCUT2D eigenvalue weighted by Gasteiger charge is -2.26. The van der Waals surface area contributed by atoms with Crippen LogP contribution < -0.4 is 10.0 Å². The molecule has 0 saturated carbocycles. The first-order valence-electron chi connectivity index (χ1n) is 12.1. The van der Waals surface area contributed by atoms with E-state index in [2.05, 4.69) is 20.0 Å². The zero-order valence-corrected chi connectivity index (χ0v) is 24.6. The van der Waals surface area contributed by atoms with Crippen LogP contribution in [-0.4, -0.2) is 41.4 Å². The first-order chi connectivity index (χ1) is 19.0. The molecule has 0 aliphatic carbocycles. The number of aromatic nitrogens is 2. The van der Waals surface area contributed by atoms with Gasteiger partial charge < -0.3 is 10.2 Å². The van der Waals surface area contributed by atoms with Gasteiger partial charge in [0, 0.05) is 21.3 Å². The monoisotopic (exact) mass is 626 g/mol. The molecule has 14 heteroatoms. The molecule has 0 aliphatic heterocycles. The molecular formula is C27H26ClF3N4O4S2. The van der Waals surface area contributed by atoms with E-state index in [1.807, 2.05) is 12.1 Å². The average molecular weight is 627 g/mol. The molecular weight excluding hydrogens is 601 g/mol. The summed E-state index contributed by atoms with van der Waals surface area (Å²) in [4.78, 5) is 20.5. The summed E-state index contributed by atoms with van der Waals surface area (Å²) in [5.74, 6) is 0.0183. The topological polar surface area (TPSA) is 124 Å². The number of fused-ring (bicyclic) bond motifs is 1. The molecule has 3 atom stereocenters. The minimum absolute atomic E-state index is 0.0183. The van der Waals surface area contributed by atoms with Crippen molar-refractivity contribution in [2.75, 3.05) is 5.32 Å². The molecule has 0 spiro atoms. The van der Waals surface area contributed by atoms with Gasteiger partial charge in [-0.2, -0.15) is 13.2 Å². The summed E-state index contributed by atoms with van der Waals surface area (Å²) in [5.41, 5.74) is -2.47. The summed E-state index contributed by atoms with van der Waals surface area (Å²) in [6, 6.07) is 11.4. The fourth-order valence-electron chi connectivity index (χ4n) is 3.84. The van der Waals surface area contributed by atoms with Gasteiger partial charge in [0.1, 0.15) is 5.82 Å². The van der Waals surface area contributed by atoms with Crippen LogP contribution >= 0.6 is 22.9 Å². The van der Waals surface area contributed by atoms with Crippen molar-refractivity contribution < 1.29 is 32.4 Å². The lowest BCUT2D eigenvalue weighted by atomic mass is 9.94. The molecule has 3 unspecified atom stereocenters. The van der Waals surface area contributed by atoms with Gasteiger partial charge in [0.05, 0.1) is 38.2 Å². The Morgan fingerprint density at radius 1 is 1.10 bits per heavy atom. The van der Waals surface area contributed by atoms with E-state index in [1.54, 1.807) is 32.9 Å². The normalized spacial score (nSPS) is 15.3. The highest BCUT2D eigenvalue weighted by atomic mass is 35.5. The van der Waals surface area contributed by atoms with Gasteiger partial charge in [-0.05, 0) is 69.0 Å². The van der Waals surface area contributed by atoms with Crippen molar-refractivity contribution >= 4 is 55.9 Å². The highest BCUT2D eigenvalue weighted by Crippen LogP contribution is 2.42. The smallest absolute Gasteiger partial charge is 0.421 e. The Morgan fingerprint density at radius 2 is 1.80 bits per heavy atom. The molecule has 4 N–H and O–H groups in total. The van der Waals surface area contributed by atoms with Crippen molar-refractivity contribution in [1.82, 2.24) is 14.7 Å². The first-order valence-corrected chi connectivity index (χ1v) is 14.5. The minimum Gasteiger partial charge on any atom is -0.465 e. The number of hydrogen-bond acceptors (Lipinski definition) is 6. The quantitative estimate of drug-likeness (QED) is 0.175. The largest absolute Gasteiger partial charge is 0.465 e. The van der Waals surface area contributed by atoms with Crippen LogP contribution in [0.1, 0.15) is 49.9 Å². The molecule has 8 nitrogen and oxygen atoms in total. The predicted octanol–water partition coefficient (Wildman–Crippen LogP) is 7.01. The van der Waals surface area contributed by atoms with Crippen molar-refractivity contribution in [3.8, 4) is 11.3 Å². The molecule has 1 amide bonds. The fourth-order valence-corrected chi connectivity index (χ4v) is 6.18. The maximum atomic E-state index is 13.5. The van der Waals surface area contributed by atoms with Crippen molar-refractivity contribution in [2.45, 2.75) is 50.3 Å². The van der Waals surface area contributed by atoms with E-state index in [1.165, 1.54) is 35.7 Å². The number of hydrogen-bond donors (Lipinski definition) is 4. The highest BCUT2D eigenvalue weighted by Gasteiger charge is 2.51. The van der Waals surface area contributed by atoms with E-state index < -0.39 is 39.6 Å². The van der Waals surface area contributed by atoms with Crippen LogP contribution in [-0.2, 0) is 16.6 Å². The predicted molar refractivity (Wildman–Crippen MR) is 154 cm³/mol. The van der Waals surface area contributed by atoms with Gasteiger partial charge in [0.2, 0.25) is 0 Å². The Hall–Kier alpha value is -3.10. The van der Waals surface area contributed by atoms with Crippen molar-refractivity contribution in [2.24, 2.45) is 0 Å². The number of rotatable bonds is 7. The van der Waals surface area contributed by atoms with E-state index in [-0.39, 0.29) is 27.8 Å². The first kappa shape index (κ1) is 30.8. The molecule has 4 rings (SSSR count). The Balaban J connectivity index is 1.87. The number of benzene rings is 1. The van der Waals surface area contributed by atoms with Crippen LogP contribution in [0.5, 0.6) is 0 Å². The summed E-state index contributed by atoms with van der Waals surface area (Å²) >= 11 is 7.76. The maximum Gasteiger partial charge on any atom is 0.421 e. The Bertz CT molecular complexity index is 1640. The molecule has 218 valence electrons. The van der Waals surface area contributed by atoms with Crippen molar-refractivity contribution in [1.29, 1.82) is 0 Å². The van der Waals surface area contributed by atoms with Crippen LogP contribution in [0.15, 0.2) is 54.7 Å². The second-order valence-corrected chi connectivity index (χ2v) is 13.8. The molecule has 3 heterocycles. The van der Waals surface area contributed by atoms with E-state index in [0.717, 1.165) is 11.5 Å². The number of nitrogens with zero attached hydrogens (tertiary/aromatic N) is 2. The number of nitrogens with one attached hydrogen (secondary N) is 2. The Morgan fingerprint density at radius 3 is 2.44 bits per heavy atom. The number of halogens is 4. The number of pyridine rings is 2. The number of amides is 1. The van der Waals surface area contributed by atoms with E-state index in [9.17, 15) is 27.3 Å². The summed E-state index contributed by atoms with van der Waals surface area (Å²) in [5, 5.41) is 22.5. The van der Waals surface area contributed by atoms with E-state index >= 15 is 0 Å². The van der Waals surface area contributed by atoms with Gasteiger partial charge in [-0.3, -0.25) is 10.3 Å². The van der Waals surface area contributed by atoms with Crippen LogP contribution in [0.4, 0.5) is 23.8 Å². The lowest BCUT2D eigenvalue weighted by Crippen LogP contribution is -2.39. The Kier molecular flexibility index (Phi) is 8.50. The lowest BCUT2D eigenvalue weighted by molar-refractivity contribution is -0.258. The van der Waals surface area contributed by atoms with Crippen LogP contribution in [0, 0.1) is 0 Å². The SMILES string of the molecule is CC(C)(C)S(=O)NC(c1cc2cccc(-c3cc(C(C)(O)C(F)(F)F)ccn3)c2s1)c1nc(NC(=O)O)ccc1Cl. The van der Waals surface area contributed by atoms with Crippen molar-refractivity contribution in [3.05, 3.63) is 75.9 Å². The standard InChI is InChI=1S/C27H26ClF3N4O4S2/c1-25(2,3)41(39)35-22(21-17(28)8-9-20(33-21)34-24(36)37)19-12-14-6-5-7-16(23(14)40-19)18-13-15(10-11-32-18)26(4,38)27(29,30)31/h5-13,22,35,38H,1-4H3,(H,33,34)(H,36,37). The van der Waals surface area contributed by atoms with Gasteiger partial charge in [0.25, 0.3) is 0 Å². The van der Waals surface area contributed by atoms with Crippen molar-refractivity contribution in [3.63, 3.8) is 0 Å². The molecule has 41 heavy (non-hydrogen) atoms. The summed E-state index contributed by atoms with van der Waals surface area (Å²) in [7, 11) is -1.60. The summed E-state index contributed by atoms with van der Waals surface area (Å²) < 4.78 is 56.8. The molecule has 0 saturated heterocycles. The molecule has 4 aromatic rings. The summed E-state index contributed by atoms with van der Waals surface area (Å²) in [6.07, 6.45) is -5.01. The number of anilines is 1. The molecule has 0 aliphatic rings. The minimum atomic E-state index is -4.90. The molecule has 3 aromatic heterocycles. The van der Waals surface area contributed by atoms with Crippen LogP contribution in [0.3, 0.4) is 0 Å². The fraction of sp³-hybridized carbons (Fsp3) is 0.296. The second kappa shape index (κ2) is 11.3.